The fraction of sp³-hybridized carbons (Fsp3) is 0.364. The summed E-state index contributed by atoms with van der Waals surface area (Å²) in [6.07, 6.45) is 0. The van der Waals surface area contributed by atoms with Gasteiger partial charge in [0, 0.05) is 12.6 Å². The Balaban J connectivity index is 3.20. The van der Waals surface area contributed by atoms with E-state index < -0.39 is 15.3 Å². The predicted molar refractivity (Wildman–Crippen MR) is 71.4 cm³/mol. The normalized spacial score (nSPS) is 12.8. The molecule has 1 aromatic carbocycles. The molecule has 100 valence electrons. The van der Waals surface area contributed by atoms with Gasteiger partial charge in [0.25, 0.3) is 0 Å². The Morgan fingerprint density at radius 3 is 2.56 bits per heavy atom. The highest BCUT2D eigenvalue weighted by molar-refractivity contribution is 7.93. The molecule has 0 aliphatic heterocycles. The molecule has 1 rings (SSSR count). The Hall–Kier alpha value is -1.76. The number of benzene rings is 1. The fourth-order valence-electron chi connectivity index (χ4n) is 1.38. The van der Waals surface area contributed by atoms with Gasteiger partial charge in [-0.3, -0.25) is 4.31 Å². The van der Waals surface area contributed by atoms with Gasteiger partial charge in [0.05, 0.1) is 10.9 Å². The first-order valence-corrected chi connectivity index (χ1v) is 6.86. The molecule has 18 heavy (non-hydrogen) atoms. The summed E-state index contributed by atoms with van der Waals surface area (Å²) in [6, 6.07) is 6.48. The number of hydrogen-bond donors (Lipinski definition) is 2. The minimum absolute atomic E-state index is 0.0628. The molecule has 0 spiro atoms. The van der Waals surface area contributed by atoms with Crippen molar-refractivity contribution in [3.63, 3.8) is 0 Å². The van der Waals surface area contributed by atoms with Crippen molar-refractivity contribution in [1.29, 1.82) is 0 Å². The van der Waals surface area contributed by atoms with Gasteiger partial charge in [-0.1, -0.05) is 17.3 Å². The second-order valence-electron chi connectivity index (χ2n) is 4.10. The molecule has 3 N–H and O–H groups in total. The quantitative estimate of drug-likeness (QED) is 0.369. The highest BCUT2D eigenvalue weighted by Gasteiger charge is 2.22. The summed E-state index contributed by atoms with van der Waals surface area (Å²) in [5.74, 6) is -0.0628. The maximum absolute atomic E-state index is 12.0. The zero-order valence-corrected chi connectivity index (χ0v) is 11.3. The summed E-state index contributed by atoms with van der Waals surface area (Å²) < 4.78 is 25.2. The molecule has 0 amide bonds. The van der Waals surface area contributed by atoms with E-state index in [1.54, 1.807) is 38.1 Å². The smallest absolute Gasteiger partial charge is 0.237 e. The summed E-state index contributed by atoms with van der Waals surface area (Å²) in [5.41, 5.74) is 6.39. The SMILES string of the molecule is CC(C)S(=O)(=O)N(C)c1cccc(C(N)=NO)c1. The Morgan fingerprint density at radius 2 is 2.06 bits per heavy atom. The Bertz CT molecular complexity index is 552. The lowest BCUT2D eigenvalue weighted by molar-refractivity contribution is 0.318. The number of sulfonamides is 1. The van der Waals surface area contributed by atoms with Gasteiger partial charge in [0.1, 0.15) is 0 Å². The molecule has 0 saturated heterocycles. The predicted octanol–water partition coefficient (Wildman–Crippen LogP) is 0.956. The van der Waals surface area contributed by atoms with Crippen molar-refractivity contribution >= 4 is 21.5 Å². The maximum atomic E-state index is 12.0. The Kier molecular flexibility index (Phi) is 4.18. The van der Waals surface area contributed by atoms with Crippen LogP contribution in [-0.4, -0.2) is 31.8 Å². The van der Waals surface area contributed by atoms with E-state index in [2.05, 4.69) is 5.16 Å². The lowest BCUT2D eigenvalue weighted by Crippen LogP contribution is -2.33. The molecule has 0 aliphatic rings. The van der Waals surface area contributed by atoms with Crippen LogP contribution in [0.15, 0.2) is 29.4 Å². The van der Waals surface area contributed by atoms with Crippen molar-refractivity contribution in [3.8, 4) is 0 Å². The molecule has 0 aliphatic carbocycles. The molecule has 0 unspecified atom stereocenters. The van der Waals surface area contributed by atoms with E-state index in [9.17, 15) is 8.42 Å². The van der Waals surface area contributed by atoms with Gasteiger partial charge in [0.2, 0.25) is 10.0 Å². The standard InChI is InChI=1S/C11H17N3O3S/c1-8(2)18(16,17)14(3)10-6-4-5-9(7-10)11(12)13-15/h4-8,15H,1-3H3,(H2,12,13). The van der Waals surface area contributed by atoms with Crippen LogP contribution >= 0.6 is 0 Å². The van der Waals surface area contributed by atoms with Gasteiger partial charge in [-0.25, -0.2) is 8.42 Å². The van der Waals surface area contributed by atoms with Gasteiger partial charge < -0.3 is 10.9 Å². The van der Waals surface area contributed by atoms with E-state index in [1.165, 1.54) is 11.4 Å². The number of nitrogens with zero attached hydrogens (tertiary/aromatic N) is 2. The molecule has 1 aromatic rings. The first-order chi connectivity index (χ1) is 8.30. The van der Waals surface area contributed by atoms with Crippen molar-refractivity contribution < 1.29 is 13.6 Å². The maximum Gasteiger partial charge on any atom is 0.237 e. The molecule has 0 fully saturated rings. The molecule has 6 nitrogen and oxygen atoms in total. The molecule has 0 aromatic heterocycles. The van der Waals surface area contributed by atoms with Gasteiger partial charge in [0.15, 0.2) is 5.84 Å². The first-order valence-electron chi connectivity index (χ1n) is 5.36. The number of anilines is 1. The van der Waals surface area contributed by atoms with Crippen LogP contribution in [0.4, 0.5) is 5.69 Å². The summed E-state index contributed by atoms with van der Waals surface area (Å²) in [5, 5.41) is 11.0. The van der Waals surface area contributed by atoms with Crippen LogP contribution in [0.2, 0.25) is 0 Å². The number of amidine groups is 1. The van der Waals surface area contributed by atoms with Crippen molar-refractivity contribution in [1.82, 2.24) is 0 Å². The molecular formula is C11H17N3O3S. The number of hydrogen-bond acceptors (Lipinski definition) is 4. The Labute approximate surface area is 107 Å². The van der Waals surface area contributed by atoms with Crippen molar-refractivity contribution in [2.24, 2.45) is 10.9 Å². The van der Waals surface area contributed by atoms with Crippen LogP contribution in [0.3, 0.4) is 0 Å². The van der Waals surface area contributed by atoms with Gasteiger partial charge in [-0.05, 0) is 26.0 Å². The third-order valence-electron chi connectivity index (χ3n) is 2.59. The Morgan fingerprint density at radius 1 is 1.44 bits per heavy atom. The zero-order chi connectivity index (χ0) is 13.9. The molecular weight excluding hydrogens is 254 g/mol. The minimum atomic E-state index is -3.39. The van der Waals surface area contributed by atoms with E-state index in [4.69, 9.17) is 10.9 Å². The van der Waals surface area contributed by atoms with E-state index >= 15 is 0 Å². The molecule has 7 heteroatoms. The van der Waals surface area contributed by atoms with Gasteiger partial charge in [-0.15, -0.1) is 0 Å². The van der Waals surface area contributed by atoms with Crippen LogP contribution in [-0.2, 0) is 10.0 Å². The van der Waals surface area contributed by atoms with Crippen LogP contribution < -0.4 is 10.0 Å². The van der Waals surface area contributed by atoms with E-state index in [-0.39, 0.29) is 5.84 Å². The molecule has 0 bridgehead atoms. The first kappa shape index (κ1) is 14.3. The number of rotatable bonds is 4. The summed E-state index contributed by atoms with van der Waals surface area (Å²) >= 11 is 0. The van der Waals surface area contributed by atoms with Crippen LogP contribution in [0.1, 0.15) is 19.4 Å². The summed E-state index contributed by atoms with van der Waals surface area (Å²) in [4.78, 5) is 0. The van der Waals surface area contributed by atoms with Crippen LogP contribution in [0, 0.1) is 0 Å². The van der Waals surface area contributed by atoms with Crippen molar-refractivity contribution in [2.75, 3.05) is 11.4 Å². The molecule has 0 radical (unpaired) electrons. The highest BCUT2D eigenvalue weighted by Crippen LogP contribution is 2.20. The van der Waals surface area contributed by atoms with Crippen molar-refractivity contribution in [3.05, 3.63) is 29.8 Å². The number of oxime groups is 1. The lowest BCUT2D eigenvalue weighted by Gasteiger charge is -2.22. The van der Waals surface area contributed by atoms with Crippen LogP contribution in [0.25, 0.3) is 0 Å². The minimum Gasteiger partial charge on any atom is -0.409 e. The van der Waals surface area contributed by atoms with Gasteiger partial charge >= 0.3 is 0 Å². The highest BCUT2D eigenvalue weighted by atomic mass is 32.2. The second-order valence-corrected chi connectivity index (χ2v) is 6.62. The largest absolute Gasteiger partial charge is 0.409 e. The second kappa shape index (κ2) is 5.26. The van der Waals surface area contributed by atoms with Gasteiger partial charge in [-0.2, -0.15) is 0 Å². The third-order valence-corrected chi connectivity index (χ3v) is 4.76. The molecule has 0 heterocycles. The van der Waals surface area contributed by atoms with Crippen molar-refractivity contribution in [2.45, 2.75) is 19.1 Å². The van der Waals surface area contributed by atoms with Crippen LogP contribution in [0.5, 0.6) is 0 Å². The number of nitrogens with two attached hydrogens (primary N) is 1. The summed E-state index contributed by atoms with van der Waals surface area (Å²) in [6.45, 7) is 3.22. The fourth-order valence-corrected chi connectivity index (χ4v) is 2.42. The zero-order valence-electron chi connectivity index (χ0n) is 10.5. The lowest BCUT2D eigenvalue weighted by atomic mass is 10.2. The molecule has 0 atom stereocenters. The monoisotopic (exact) mass is 271 g/mol. The van der Waals surface area contributed by atoms with E-state index in [1.807, 2.05) is 0 Å². The average molecular weight is 271 g/mol. The average Bonchev–Trinajstić information content (AvgIpc) is 2.36. The van der Waals surface area contributed by atoms with E-state index in [0.717, 1.165) is 0 Å². The topological polar surface area (TPSA) is 96.0 Å². The van der Waals surface area contributed by atoms with E-state index in [0.29, 0.717) is 11.3 Å². The third kappa shape index (κ3) is 2.73. The molecule has 0 saturated carbocycles. The summed E-state index contributed by atoms with van der Waals surface area (Å²) in [7, 11) is -1.92.